The van der Waals surface area contributed by atoms with Gasteiger partial charge >= 0.3 is 0 Å². The molecular formula is C15H20N2OS. The Morgan fingerprint density at radius 2 is 1.89 bits per heavy atom. The van der Waals surface area contributed by atoms with Gasteiger partial charge in [-0.1, -0.05) is 49.0 Å². The lowest BCUT2D eigenvalue weighted by Gasteiger charge is -2.20. The predicted molar refractivity (Wildman–Crippen MR) is 78.6 cm³/mol. The average Bonchev–Trinajstić information content (AvgIpc) is 2.80. The minimum Gasteiger partial charge on any atom is -0.383 e. The first-order valence-electron chi connectivity index (χ1n) is 6.38. The van der Waals surface area contributed by atoms with Crippen molar-refractivity contribution in [1.82, 2.24) is 9.59 Å². The molecule has 1 aromatic heterocycles. The van der Waals surface area contributed by atoms with E-state index in [1.165, 1.54) is 11.5 Å². The highest BCUT2D eigenvalue weighted by atomic mass is 32.1. The molecule has 0 saturated heterocycles. The third-order valence-electron chi connectivity index (χ3n) is 3.20. The van der Waals surface area contributed by atoms with Gasteiger partial charge in [0.25, 0.3) is 0 Å². The van der Waals surface area contributed by atoms with Crippen LogP contribution >= 0.6 is 11.5 Å². The van der Waals surface area contributed by atoms with Crippen LogP contribution in [0.25, 0.3) is 0 Å². The maximum Gasteiger partial charge on any atom is 0.117 e. The zero-order valence-corrected chi connectivity index (χ0v) is 12.9. The topological polar surface area (TPSA) is 46.0 Å². The molecule has 1 N–H and O–H groups in total. The number of rotatable bonds is 2. The molecule has 4 heteroatoms. The molecule has 0 spiro atoms. The number of aromatic nitrogens is 2. The molecular weight excluding hydrogens is 256 g/mol. The van der Waals surface area contributed by atoms with E-state index in [4.69, 9.17) is 0 Å². The highest BCUT2D eigenvalue weighted by Crippen LogP contribution is 2.34. The smallest absolute Gasteiger partial charge is 0.117 e. The summed E-state index contributed by atoms with van der Waals surface area (Å²) in [4.78, 5) is 0.848. The van der Waals surface area contributed by atoms with Crippen LogP contribution in [0.5, 0.6) is 0 Å². The standard InChI is InChI=1S/C15H20N2OS/c1-9-6-7-10(2)11(8-9)12(18)13-14(15(3,4)5)16-17-19-13/h6-8,12,18H,1-5H3. The fourth-order valence-corrected chi connectivity index (χ4v) is 2.96. The first-order valence-corrected chi connectivity index (χ1v) is 7.16. The van der Waals surface area contributed by atoms with Crippen LogP contribution in [-0.4, -0.2) is 14.7 Å². The second-order valence-corrected chi connectivity index (χ2v) is 6.78. The van der Waals surface area contributed by atoms with Crippen molar-refractivity contribution < 1.29 is 5.11 Å². The maximum absolute atomic E-state index is 10.7. The second-order valence-electron chi connectivity index (χ2n) is 6.00. The largest absolute Gasteiger partial charge is 0.383 e. The molecule has 2 rings (SSSR count). The van der Waals surface area contributed by atoms with Crippen molar-refractivity contribution >= 4 is 11.5 Å². The van der Waals surface area contributed by atoms with Gasteiger partial charge < -0.3 is 5.11 Å². The quantitative estimate of drug-likeness (QED) is 0.912. The second kappa shape index (κ2) is 5.02. The Hall–Kier alpha value is -1.26. The van der Waals surface area contributed by atoms with Crippen molar-refractivity contribution in [3.05, 3.63) is 45.5 Å². The first kappa shape index (κ1) is 14.2. The van der Waals surface area contributed by atoms with Crippen molar-refractivity contribution in [1.29, 1.82) is 0 Å². The van der Waals surface area contributed by atoms with Crippen LogP contribution in [0.15, 0.2) is 18.2 Å². The van der Waals surface area contributed by atoms with Gasteiger partial charge in [-0.15, -0.1) is 5.10 Å². The Bertz CT molecular complexity index is 584. The summed E-state index contributed by atoms with van der Waals surface area (Å²) in [5, 5.41) is 14.9. The Morgan fingerprint density at radius 1 is 1.21 bits per heavy atom. The van der Waals surface area contributed by atoms with Crippen molar-refractivity contribution in [2.24, 2.45) is 0 Å². The molecule has 1 aromatic carbocycles. The Labute approximate surface area is 118 Å². The van der Waals surface area contributed by atoms with E-state index in [2.05, 4.69) is 36.4 Å². The number of nitrogens with zero attached hydrogens (tertiary/aromatic N) is 2. The third kappa shape index (κ3) is 2.85. The zero-order valence-electron chi connectivity index (χ0n) is 12.1. The Balaban J connectivity index is 2.48. The minimum atomic E-state index is -0.644. The lowest BCUT2D eigenvalue weighted by Crippen LogP contribution is -2.16. The number of aliphatic hydroxyl groups is 1. The average molecular weight is 276 g/mol. The van der Waals surface area contributed by atoms with Crippen LogP contribution < -0.4 is 0 Å². The van der Waals surface area contributed by atoms with E-state index in [1.54, 1.807) is 0 Å². The third-order valence-corrected chi connectivity index (χ3v) is 3.98. The molecule has 1 unspecified atom stereocenters. The summed E-state index contributed by atoms with van der Waals surface area (Å²) in [6.07, 6.45) is -0.644. The number of hydrogen-bond donors (Lipinski definition) is 1. The monoisotopic (exact) mass is 276 g/mol. The van der Waals surface area contributed by atoms with Gasteiger partial charge in [0.1, 0.15) is 6.10 Å². The molecule has 0 radical (unpaired) electrons. The number of aryl methyl sites for hydroxylation is 2. The normalized spacial score (nSPS) is 13.6. The molecule has 3 nitrogen and oxygen atoms in total. The summed E-state index contributed by atoms with van der Waals surface area (Å²) in [5.74, 6) is 0. The highest BCUT2D eigenvalue weighted by Gasteiger charge is 2.27. The molecule has 0 saturated carbocycles. The van der Waals surface area contributed by atoms with Crippen LogP contribution in [0.2, 0.25) is 0 Å². The molecule has 102 valence electrons. The summed E-state index contributed by atoms with van der Waals surface area (Å²) in [7, 11) is 0. The molecule has 0 amide bonds. The molecule has 0 aliphatic carbocycles. The van der Waals surface area contributed by atoms with Crippen LogP contribution in [0.3, 0.4) is 0 Å². The predicted octanol–water partition coefficient (Wildman–Crippen LogP) is 3.53. The van der Waals surface area contributed by atoms with Gasteiger partial charge in [-0.2, -0.15) is 0 Å². The summed E-state index contributed by atoms with van der Waals surface area (Å²) in [6.45, 7) is 10.3. The van der Waals surface area contributed by atoms with Crippen molar-refractivity contribution in [2.75, 3.05) is 0 Å². The van der Waals surface area contributed by atoms with Crippen LogP contribution in [-0.2, 0) is 5.41 Å². The summed E-state index contributed by atoms with van der Waals surface area (Å²) in [6, 6.07) is 6.13. The lowest BCUT2D eigenvalue weighted by molar-refractivity contribution is 0.220. The first-order chi connectivity index (χ1) is 8.80. The molecule has 0 fully saturated rings. The zero-order chi connectivity index (χ0) is 14.2. The lowest BCUT2D eigenvalue weighted by atomic mass is 9.88. The SMILES string of the molecule is Cc1ccc(C)c(C(O)c2snnc2C(C)(C)C)c1. The Morgan fingerprint density at radius 3 is 2.53 bits per heavy atom. The molecule has 0 aliphatic rings. The Kier molecular flexibility index (Phi) is 3.74. The van der Waals surface area contributed by atoms with Gasteiger partial charge in [0.2, 0.25) is 0 Å². The summed E-state index contributed by atoms with van der Waals surface area (Å²) >= 11 is 1.28. The molecule has 1 heterocycles. The van der Waals surface area contributed by atoms with Gasteiger partial charge in [-0.05, 0) is 36.5 Å². The van der Waals surface area contributed by atoms with Crippen LogP contribution in [0.4, 0.5) is 0 Å². The van der Waals surface area contributed by atoms with Gasteiger partial charge in [0.05, 0.1) is 10.6 Å². The van der Waals surface area contributed by atoms with E-state index in [0.29, 0.717) is 0 Å². The number of benzene rings is 1. The molecule has 19 heavy (non-hydrogen) atoms. The van der Waals surface area contributed by atoms with E-state index in [0.717, 1.165) is 27.3 Å². The van der Waals surface area contributed by atoms with E-state index < -0.39 is 6.10 Å². The summed E-state index contributed by atoms with van der Waals surface area (Å²) in [5.41, 5.74) is 3.95. The maximum atomic E-state index is 10.7. The fraction of sp³-hybridized carbons (Fsp3) is 0.467. The van der Waals surface area contributed by atoms with E-state index in [9.17, 15) is 5.11 Å². The van der Waals surface area contributed by atoms with Gasteiger partial charge in [0, 0.05) is 5.41 Å². The van der Waals surface area contributed by atoms with Crippen molar-refractivity contribution in [2.45, 2.75) is 46.1 Å². The van der Waals surface area contributed by atoms with E-state index >= 15 is 0 Å². The molecule has 0 bridgehead atoms. The number of aliphatic hydroxyl groups excluding tert-OH is 1. The van der Waals surface area contributed by atoms with Crippen LogP contribution in [0, 0.1) is 13.8 Å². The molecule has 1 atom stereocenters. The fourth-order valence-electron chi connectivity index (χ4n) is 2.09. The molecule has 2 aromatic rings. The van der Waals surface area contributed by atoms with E-state index in [-0.39, 0.29) is 5.41 Å². The van der Waals surface area contributed by atoms with Crippen molar-refractivity contribution in [3.8, 4) is 0 Å². The van der Waals surface area contributed by atoms with Crippen LogP contribution in [0.1, 0.15) is 54.1 Å². The summed E-state index contributed by atoms with van der Waals surface area (Å²) < 4.78 is 4.02. The highest BCUT2D eigenvalue weighted by molar-refractivity contribution is 7.05. The minimum absolute atomic E-state index is 0.110. The molecule has 0 aliphatic heterocycles. The van der Waals surface area contributed by atoms with Crippen molar-refractivity contribution in [3.63, 3.8) is 0 Å². The van der Waals surface area contributed by atoms with Gasteiger partial charge in [-0.25, -0.2) is 0 Å². The number of hydrogen-bond acceptors (Lipinski definition) is 4. The van der Waals surface area contributed by atoms with Gasteiger partial charge in [-0.3, -0.25) is 0 Å². The van der Waals surface area contributed by atoms with E-state index in [1.807, 2.05) is 26.0 Å². The van der Waals surface area contributed by atoms with Gasteiger partial charge in [0.15, 0.2) is 0 Å².